The number of rotatable bonds is 6. The summed E-state index contributed by atoms with van der Waals surface area (Å²) in [5.74, 6) is -1.39. The molecular weight excluding hydrogens is 338 g/mol. The topological polar surface area (TPSA) is 146 Å². The maximum absolute atomic E-state index is 12.1. The summed E-state index contributed by atoms with van der Waals surface area (Å²) in [6.45, 7) is 1.79. The van der Waals surface area contributed by atoms with E-state index in [0.717, 1.165) is 6.07 Å². The summed E-state index contributed by atoms with van der Waals surface area (Å²) in [7, 11) is -3.86. The van der Waals surface area contributed by atoms with Crippen LogP contribution in [0.5, 0.6) is 0 Å². The predicted octanol–water partition coefficient (Wildman–Crippen LogP) is 1.72. The average Bonchev–Trinajstić information content (AvgIpc) is 3.02. The summed E-state index contributed by atoms with van der Waals surface area (Å²) in [4.78, 5) is 21.9. The molecule has 0 bridgehead atoms. The van der Waals surface area contributed by atoms with E-state index in [0.29, 0.717) is 12.0 Å². The number of nitrogens with two attached hydrogens (primary N) is 1. The molecule has 1 unspecified atom stereocenters. The van der Waals surface area contributed by atoms with E-state index in [1.807, 2.05) is 0 Å². The van der Waals surface area contributed by atoms with Crippen LogP contribution < -0.4 is 10.5 Å². The second-order valence-electron chi connectivity index (χ2n) is 4.95. The van der Waals surface area contributed by atoms with Crippen molar-refractivity contribution in [3.8, 4) is 0 Å². The molecule has 2 aromatic rings. The quantitative estimate of drug-likeness (QED) is 0.597. The molecule has 0 radical (unpaired) electrons. The van der Waals surface area contributed by atoms with Crippen molar-refractivity contribution in [1.82, 2.24) is 5.32 Å². The van der Waals surface area contributed by atoms with Gasteiger partial charge in [0.05, 0.1) is 17.0 Å². The number of amides is 1. The molecule has 0 aliphatic carbocycles. The minimum absolute atomic E-state index is 0.0682. The van der Waals surface area contributed by atoms with Gasteiger partial charge in [0.1, 0.15) is 4.92 Å². The van der Waals surface area contributed by atoms with E-state index in [1.165, 1.54) is 24.3 Å². The lowest BCUT2D eigenvalue weighted by molar-refractivity contribution is -0.402. The Balaban J connectivity index is 2.22. The number of carbonyl (C=O) groups is 1. The highest BCUT2D eigenvalue weighted by molar-refractivity contribution is 7.89. The average molecular weight is 353 g/mol. The molecule has 2 rings (SSSR count). The van der Waals surface area contributed by atoms with Gasteiger partial charge in [0.15, 0.2) is 5.76 Å². The highest BCUT2D eigenvalue weighted by Gasteiger charge is 2.21. The number of sulfonamides is 1. The van der Waals surface area contributed by atoms with Crippen molar-refractivity contribution < 1.29 is 22.6 Å². The Kier molecular flexibility index (Phi) is 5.00. The number of hydrogen-bond acceptors (Lipinski definition) is 6. The molecule has 1 amide bonds. The van der Waals surface area contributed by atoms with Gasteiger partial charge in [-0.05, 0) is 30.2 Å². The molecule has 1 aromatic heterocycles. The number of hydrogen-bond donors (Lipinski definition) is 2. The third-order valence-electron chi connectivity index (χ3n) is 3.30. The largest absolute Gasteiger partial charge is 0.433 e. The van der Waals surface area contributed by atoms with Crippen molar-refractivity contribution in [2.45, 2.75) is 24.3 Å². The van der Waals surface area contributed by atoms with Crippen LogP contribution in [0.15, 0.2) is 45.7 Å². The Labute approximate surface area is 137 Å². The summed E-state index contributed by atoms with van der Waals surface area (Å²) < 4.78 is 27.7. The molecule has 10 heteroatoms. The fourth-order valence-electron chi connectivity index (χ4n) is 2.11. The zero-order valence-corrected chi connectivity index (χ0v) is 13.4. The summed E-state index contributed by atoms with van der Waals surface area (Å²) in [6.07, 6.45) is 0.461. The third-order valence-corrected chi connectivity index (χ3v) is 4.21. The van der Waals surface area contributed by atoms with Gasteiger partial charge in [-0.3, -0.25) is 14.9 Å². The first-order chi connectivity index (χ1) is 11.2. The van der Waals surface area contributed by atoms with E-state index in [4.69, 9.17) is 9.56 Å². The SMILES string of the molecule is CCC(NC(=O)c1ccc([N+](=O)[O-])o1)c1cccc(S(N)(=O)=O)c1. The van der Waals surface area contributed by atoms with Gasteiger partial charge < -0.3 is 9.73 Å². The zero-order valence-electron chi connectivity index (χ0n) is 12.6. The second kappa shape index (κ2) is 6.81. The van der Waals surface area contributed by atoms with Gasteiger partial charge in [-0.15, -0.1) is 0 Å². The van der Waals surface area contributed by atoms with Crippen LogP contribution in [0.25, 0.3) is 0 Å². The van der Waals surface area contributed by atoms with Gasteiger partial charge in [0.25, 0.3) is 5.91 Å². The van der Waals surface area contributed by atoms with Crippen LogP contribution in [0, 0.1) is 10.1 Å². The second-order valence-corrected chi connectivity index (χ2v) is 6.51. The van der Waals surface area contributed by atoms with Crippen LogP contribution in [0.2, 0.25) is 0 Å². The predicted molar refractivity (Wildman–Crippen MR) is 83.7 cm³/mol. The van der Waals surface area contributed by atoms with Gasteiger partial charge in [-0.2, -0.15) is 0 Å². The molecule has 24 heavy (non-hydrogen) atoms. The summed E-state index contributed by atoms with van der Waals surface area (Å²) in [6, 6.07) is 7.65. The Bertz CT molecular complexity index is 874. The van der Waals surface area contributed by atoms with E-state index >= 15 is 0 Å². The fourth-order valence-corrected chi connectivity index (χ4v) is 2.68. The first-order valence-corrected chi connectivity index (χ1v) is 8.45. The van der Waals surface area contributed by atoms with Crippen molar-refractivity contribution in [1.29, 1.82) is 0 Å². The van der Waals surface area contributed by atoms with Crippen molar-refractivity contribution in [3.63, 3.8) is 0 Å². The summed E-state index contributed by atoms with van der Waals surface area (Å²) in [5.41, 5.74) is 0.540. The Morgan fingerprint density at radius 1 is 1.38 bits per heavy atom. The van der Waals surface area contributed by atoms with E-state index in [9.17, 15) is 23.3 Å². The lowest BCUT2D eigenvalue weighted by Gasteiger charge is -2.17. The number of nitro groups is 1. The van der Waals surface area contributed by atoms with Crippen LogP contribution >= 0.6 is 0 Å². The molecule has 9 nitrogen and oxygen atoms in total. The van der Waals surface area contributed by atoms with E-state index in [-0.39, 0.29) is 10.7 Å². The molecular formula is C14H15N3O6S. The molecule has 0 saturated carbocycles. The van der Waals surface area contributed by atoms with Crippen molar-refractivity contribution in [3.05, 3.63) is 57.8 Å². The summed E-state index contributed by atoms with van der Waals surface area (Å²) >= 11 is 0. The molecule has 0 aliphatic heterocycles. The van der Waals surface area contributed by atoms with Crippen LogP contribution in [-0.2, 0) is 10.0 Å². The van der Waals surface area contributed by atoms with Gasteiger partial charge >= 0.3 is 5.88 Å². The zero-order chi connectivity index (χ0) is 17.9. The highest BCUT2D eigenvalue weighted by atomic mass is 32.2. The molecule has 0 fully saturated rings. The number of benzene rings is 1. The third kappa shape index (κ3) is 3.97. The number of carbonyl (C=O) groups excluding carboxylic acids is 1. The standard InChI is InChI=1S/C14H15N3O6S/c1-2-11(9-4-3-5-10(8-9)24(15,21)22)16-14(18)12-6-7-13(23-12)17(19)20/h3-8,11H,2H2,1H3,(H,16,18)(H2,15,21,22). The molecule has 0 aliphatic rings. The van der Waals surface area contributed by atoms with Gasteiger partial charge in [-0.1, -0.05) is 19.1 Å². The molecule has 1 aromatic carbocycles. The minimum Gasteiger partial charge on any atom is -0.395 e. The maximum Gasteiger partial charge on any atom is 0.433 e. The molecule has 1 heterocycles. The molecule has 0 spiro atoms. The summed E-state index contributed by atoms with van der Waals surface area (Å²) in [5, 5.41) is 18.3. The molecule has 3 N–H and O–H groups in total. The fraction of sp³-hybridized carbons (Fsp3) is 0.214. The Hall–Kier alpha value is -2.72. The Morgan fingerprint density at radius 3 is 2.62 bits per heavy atom. The maximum atomic E-state index is 12.1. The van der Waals surface area contributed by atoms with Crippen LogP contribution in [0.1, 0.15) is 35.5 Å². The van der Waals surface area contributed by atoms with Crippen molar-refractivity contribution >= 4 is 21.8 Å². The number of primary sulfonamides is 1. The normalized spacial score (nSPS) is 12.6. The lowest BCUT2D eigenvalue weighted by atomic mass is 10.0. The van der Waals surface area contributed by atoms with Crippen LogP contribution in [0.3, 0.4) is 0 Å². The highest BCUT2D eigenvalue weighted by Crippen LogP contribution is 2.21. The Morgan fingerprint density at radius 2 is 2.08 bits per heavy atom. The molecule has 0 saturated heterocycles. The van der Waals surface area contributed by atoms with Crippen molar-refractivity contribution in [2.75, 3.05) is 0 Å². The van der Waals surface area contributed by atoms with E-state index in [2.05, 4.69) is 5.32 Å². The first kappa shape index (κ1) is 17.6. The lowest BCUT2D eigenvalue weighted by Crippen LogP contribution is -2.28. The van der Waals surface area contributed by atoms with E-state index in [1.54, 1.807) is 13.0 Å². The van der Waals surface area contributed by atoms with Crippen LogP contribution in [-0.4, -0.2) is 19.2 Å². The first-order valence-electron chi connectivity index (χ1n) is 6.90. The van der Waals surface area contributed by atoms with Gasteiger partial charge in [0.2, 0.25) is 10.0 Å². The minimum atomic E-state index is -3.86. The van der Waals surface area contributed by atoms with E-state index < -0.39 is 32.8 Å². The van der Waals surface area contributed by atoms with Crippen LogP contribution in [0.4, 0.5) is 5.88 Å². The number of furan rings is 1. The smallest absolute Gasteiger partial charge is 0.395 e. The number of nitrogens with zero attached hydrogens (tertiary/aromatic N) is 1. The molecule has 128 valence electrons. The van der Waals surface area contributed by atoms with Gasteiger partial charge in [0, 0.05) is 0 Å². The number of nitrogens with one attached hydrogen (secondary N) is 1. The molecule has 1 atom stereocenters. The van der Waals surface area contributed by atoms with Crippen molar-refractivity contribution in [2.24, 2.45) is 5.14 Å². The monoisotopic (exact) mass is 353 g/mol. The van der Waals surface area contributed by atoms with Gasteiger partial charge in [-0.25, -0.2) is 13.6 Å².